The highest BCUT2D eigenvalue weighted by Crippen LogP contribution is 1.94. The minimum Gasteiger partial charge on any atom is -0.359 e. The molecule has 0 atom stereocenters. The van der Waals surface area contributed by atoms with Crippen molar-refractivity contribution in [1.82, 2.24) is 20.2 Å². The fraction of sp³-hybridized carbons (Fsp3) is 0.556. The largest absolute Gasteiger partial charge is 0.359 e. The Kier molecular flexibility index (Phi) is 4.12. The number of aryl methyl sites for hydroxylation is 1. The van der Waals surface area contributed by atoms with E-state index in [2.05, 4.69) is 15.6 Å². The quantitative estimate of drug-likeness (QED) is 0.633. The summed E-state index contributed by atoms with van der Waals surface area (Å²) in [6, 6.07) is 0. The van der Waals surface area contributed by atoms with E-state index in [4.69, 9.17) is 0 Å². The van der Waals surface area contributed by atoms with Crippen LogP contribution in [-0.4, -0.2) is 29.1 Å². The Morgan fingerprint density at radius 2 is 2.43 bits per heavy atom. The van der Waals surface area contributed by atoms with Crippen LogP contribution in [0.4, 0.5) is 0 Å². The van der Waals surface area contributed by atoms with Crippen molar-refractivity contribution in [1.29, 1.82) is 0 Å². The van der Waals surface area contributed by atoms with Crippen molar-refractivity contribution < 1.29 is 4.79 Å². The smallest absolute Gasteiger partial charge is 0.221 e. The second-order valence-electron chi connectivity index (χ2n) is 3.10. The first-order chi connectivity index (χ1) is 6.74. The first-order valence-corrected chi connectivity index (χ1v) is 4.60. The molecule has 0 saturated carbocycles. The normalized spacial score (nSPS) is 10.1. The molecule has 0 bridgehead atoms. The molecule has 1 heterocycles. The molecule has 5 heteroatoms. The zero-order chi connectivity index (χ0) is 10.4. The predicted octanol–water partition coefficient (Wildman–Crippen LogP) is -0.354. The van der Waals surface area contributed by atoms with Crippen LogP contribution in [0.15, 0.2) is 12.5 Å². The van der Waals surface area contributed by atoms with E-state index in [9.17, 15) is 4.79 Å². The maximum atomic E-state index is 10.9. The monoisotopic (exact) mass is 196 g/mol. The molecule has 0 unspecified atom stereocenters. The summed E-state index contributed by atoms with van der Waals surface area (Å²) in [7, 11) is 3.59. The number of nitrogens with one attached hydrogen (secondary N) is 2. The van der Waals surface area contributed by atoms with Crippen molar-refractivity contribution >= 4 is 5.91 Å². The highest BCUT2D eigenvalue weighted by atomic mass is 16.1. The van der Waals surface area contributed by atoms with E-state index in [0.29, 0.717) is 13.0 Å². The first kappa shape index (κ1) is 10.7. The van der Waals surface area contributed by atoms with Gasteiger partial charge in [-0.25, -0.2) is 4.98 Å². The zero-order valence-electron chi connectivity index (χ0n) is 8.58. The molecule has 0 aliphatic heterocycles. The van der Waals surface area contributed by atoms with Crippen molar-refractivity contribution in [3.05, 3.63) is 18.2 Å². The van der Waals surface area contributed by atoms with Crippen LogP contribution in [0.25, 0.3) is 0 Å². The fourth-order valence-electron chi connectivity index (χ4n) is 1.10. The lowest BCUT2D eigenvalue weighted by atomic mass is 10.4. The van der Waals surface area contributed by atoms with Crippen molar-refractivity contribution in [2.24, 2.45) is 7.05 Å². The molecule has 1 aromatic rings. The van der Waals surface area contributed by atoms with E-state index < -0.39 is 0 Å². The van der Waals surface area contributed by atoms with Crippen molar-refractivity contribution in [2.75, 3.05) is 13.6 Å². The summed E-state index contributed by atoms with van der Waals surface area (Å²) in [5, 5.41) is 5.75. The van der Waals surface area contributed by atoms with Gasteiger partial charge in [0.25, 0.3) is 0 Å². The number of carbonyl (C=O) groups is 1. The van der Waals surface area contributed by atoms with Gasteiger partial charge in [-0.3, -0.25) is 4.79 Å². The molecule has 0 aromatic carbocycles. The molecule has 78 valence electrons. The van der Waals surface area contributed by atoms with Gasteiger partial charge in [-0.2, -0.15) is 0 Å². The molecule has 0 saturated heterocycles. The molecule has 1 aromatic heterocycles. The Morgan fingerprint density at radius 3 is 3.00 bits per heavy atom. The molecule has 0 spiro atoms. The van der Waals surface area contributed by atoms with Gasteiger partial charge in [0.15, 0.2) is 0 Å². The summed E-state index contributed by atoms with van der Waals surface area (Å²) in [5.74, 6) is 0.0579. The Bertz CT molecular complexity index is 295. The van der Waals surface area contributed by atoms with E-state index in [1.807, 2.05) is 17.8 Å². The number of hydrogen-bond donors (Lipinski definition) is 2. The van der Waals surface area contributed by atoms with Gasteiger partial charge in [0.2, 0.25) is 5.91 Å². The summed E-state index contributed by atoms with van der Waals surface area (Å²) >= 11 is 0. The molecular formula is C9H16N4O. The average Bonchev–Trinajstić information content (AvgIpc) is 2.58. The minimum absolute atomic E-state index is 0.0579. The first-order valence-electron chi connectivity index (χ1n) is 4.60. The molecular weight excluding hydrogens is 180 g/mol. The standard InChI is InChI=1S/C9H16N4O/c1-10-9(14)3-4-11-5-8-6-12-7-13(8)2/h6-7,11H,3-5H2,1-2H3,(H,10,14). The van der Waals surface area contributed by atoms with Gasteiger partial charge in [0, 0.05) is 39.8 Å². The lowest BCUT2D eigenvalue weighted by Crippen LogP contribution is -2.24. The highest BCUT2D eigenvalue weighted by Gasteiger charge is 1.99. The molecule has 14 heavy (non-hydrogen) atoms. The molecule has 1 amide bonds. The van der Waals surface area contributed by atoms with Crippen molar-refractivity contribution in [3.63, 3.8) is 0 Å². The van der Waals surface area contributed by atoms with Gasteiger partial charge in [0.05, 0.1) is 12.0 Å². The van der Waals surface area contributed by atoms with Gasteiger partial charge >= 0.3 is 0 Å². The fourth-order valence-corrected chi connectivity index (χ4v) is 1.10. The molecule has 0 radical (unpaired) electrons. The topological polar surface area (TPSA) is 59.0 Å². The number of amides is 1. The zero-order valence-corrected chi connectivity index (χ0v) is 8.58. The summed E-state index contributed by atoms with van der Waals surface area (Å²) in [4.78, 5) is 14.9. The highest BCUT2D eigenvalue weighted by molar-refractivity contribution is 5.75. The van der Waals surface area contributed by atoms with Crippen molar-refractivity contribution in [2.45, 2.75) is 13.0 Å². The number of imidazole rings is 1. The van der Waals surface area contributed by atoms with Gasteiger partial charge in [-0.1, -0.05) is 0 Å². The Morgan fingerprint density at radius 1 is 1.64 bits per heavy atom. The van der Waals surface area contributed by atoms with E-state index in [1.54, 1.807) is 13.4 Å². The molecule has 0 aliphatic rings. The van der Waals surface area contributed by atoms with Crippen LogP contribution in [0.1, 0.15) is 12.1 Å². The molecule has 0 aliphatic carbocycles. The van der Waals surface area contributed by atoms with E-state index in [0.717, 1.165) is 12.2 Å². The average molecular weight is 196 g/mol. The third-order valence-corrected chi connectivity index (χ3v) is 2.03. The van der Waals surface area contributed by atoms with E-state index in [1.165, 1.54) is 0 Å². The number of carbonyl (C=O) groups excluding carboxylic acids is 1. The van der Waals surface area contributed by atoms with Crippen LogP contribution >= 0.6 is 0 Å². The Labute approximate surface area is 83.5 Å². The second kappa shape index (κ2) is 5.39. The number of nitrogens with zero attached hydrogens (tertiary/aromatic N) is 2. The van der Waals surface area contributed by atoms with Crippen LogP contribution in [0.2, 0.25) is 0 Å². The van der Waals surface area contributed by atoms with Gasteiger partial charge in [-0.15, -0.1) is 0 Å². The maximum absolute atomic E-state index is 10.9. The molecule has 5 nitrogen and oxygen atoms in total. The molecule has 1 rings (SSSR count). The minimum atomic E-state index is 0.0579. The number of hydrogen-bond acceptors (Lipinski definition) is 3. The van der Waals surface area contributed by atoms with Gasteiger partial charge < -0.3 is 15.2 Å². The third-order valence-electron chi connectivity index (χ3n) is 2.03. The van der Waals surface area contributed by atoms with E-state index >= 15 is 0 Å². The lowest BCUT2D eigenvalue weighted by Gasteiger charge is -2.04. The Balaban J connectivity index is 2.16. The summed E-state index contributed by atoms with van der Waals surface area (Å²) < 4.78 is 1.95. The maximum Gasteiger partial charge on any atom is 0.221 e. The van der Waals surface area contributed by atoms with E-state index in [-0.39, 0.29) is 5.91 Å². The third kappa shape index (κ3) is 3.18. The predicted molar refractivity (Wildman–Crippen MR) is 53.6 cm³/mol. The van der Waals surface area contributed by atoms with Gasteiger partial charge in [0.1, 0.15) is 0 Å². The second-order valence-corrected chi connectivity index (χ2v) is 3.10. The Hall–Kier alpha value is -1.36. The van der Waals surface area contributed by atoms with Gasteiger partial charge in [-0.05, 0) is 0 Å². The van der Waals surface area contributed by atoms with Crippen LogP contribution in [0.5, 0.6) is 0 Å². The lowest BCUT2D eigenvalue weighted by molar-refractivity contribution is -0.120. The number of aromatic nitrogens is 2. The summed E-state index contributed by atoms with van der Waals surface area (Å²) in [5.41, 5.74) is 1.11. The van der Waals surface area contributed by atoms with Crippen molar-refractivity contribution in [3.8, 4) is 0 Å². The molecule has 2 N–H and O–H groups in total. The van der Waals surface area contributed by atoms with Crippen LogP contribution in [0.3, 0.4) is 0 Å². The number of rotatable bonds is 5. The summed E-state index contributed by atoms with van der Waals surface area (Å²) in [6.07, 6.45) is 4.08. The van der Waals surface area contributed by atoms with Crippen LogP contribution in [-0.2, 0) is 18.4 Å². The van der Waals surface area contributed by atoms with Crippen LogP contribution < -0.4 is 10.6 Å². The summed E-state index contributed by atoms with van der Waals surface area (Å²) in [6.45, 7) is 1.43. The SMILES string of the molecule is CNC(=O)CCNCc1cncn1C. The van der Waals surface area contributed by atoms with Crippen LogP contribution in [0, 0.1) is 0 Å². The molecule has 0 fully saturated rings.